The summed E-state index contributed by atoms with van der Waals surface area (Å²) in [6, 6.07) is 4.08. The van der Waals surface area contributed by atoms with Gasteiger partial charge in [0.2, 0.25) is 0 Å². The van der Waals surface area contributed by atoms with Crippen LogP contribution in [0.1, 0.15) is 85.3 Å². The van der Waals surface area contributed by atoms with Crippen LogP contribution in [0.3, 0.4) is 0 Å². The predicted octanol–water partition coefficient (Wildman–Crippen LogP) is 5.84. The number of carboxylic acid groups (broad SMARTS) is 1. The maximum Gasteiger partial charge on any atom is 0.310 e. The SMILES string of the molecule is CCCCC(C(=O)O)C1(C(=O)c2c(C)cc(C)cc2C)CCCCC1.O=[PH2+]. The molecule has 0 aliphatic heterocycles. The molecule has 150 valence electrons. The summed E-state index contributed by atoms with van der Waals surface area (Å²) in [5.74, 6) is -1.29. The van der Waals surface area contributed by atoms with Crippen LogP contribution in [0.5, 0.6) is 0 Å². The summed E-state index contributed by atoms with van der Waals surface area (Å²) in [4.78, 5) is 25.8. The van der Waals surface area contributed by atoms with Gasteiger partial charge < -0.3 is 5.11 Å². The molecule has 2 atom stereocenters. The van der Waals surface area contributed by atoms with Crippen LogP contribution in [0.4, 0.5) is 0 Å². The molecule has 0 heterocycles. The molecule has 1 aliphatic carbocycles. The van der Waals surface area contributed by atoms with Gasteiger partial charge in [-0.1, -0.05) is 61.3 Å². The molecule has 27 heavy (non-hydrogen) atoms. The number of ketones is 1. The van der Waals surface area contributed by atoms with Crippen LogP contribution in [-0.2, 0) is 9.36 Å². The van der Waals surface area contributed by atoms with Crippen LogP contribution in [0, 0.1) is 32.1 Å². The fourth-order valence-corrected chi connectivity index (χ4v) is 4.75. The van der Waals surface area contributed by atoms with Crippen LogP contribution in [0.15, 0.2) is 12.1 Å². The number of rotatable bonds is 7. The van der Waals surface area contributed by atoms with Crippen molar-refractivity contribution in [2.75, 3.05) is 0 Å². The van der Waals surface area contributed by atoms with Gasteiger partial charge in [-0.25, -0.2) is 0 Å². The monoisotopic (exact) mass is 393 g/mol. The van der Waals surface area contributed by atoms with E-state index in [0.717, 1.165) is 54.4 Å². The number of unbranched alkanes of at least 4 members (excludes halogenated alkanes) is 1. The molecule has 1 aromatic carbocycles. The van der Waals surface area contributed by atoms with E-state index in [-0.39, 0.29) is 5.78 Å². The van der Waals surface area contributed by atoms with E-state index in [0.29, 0.717) is 19.3 Å². The van der Waals surface area contributed by atoms with Crippen LogP contribution in [0.2, 0.25) is 0 Å². The fourth-order valence-electron chi connectivity index (χ4n) is 4.75. The summed E-state index contributed by atoms with van der Waals surface area (Å²) in [6.07, 6.45) is 6.83. The number of Topliss-reactive ketones (excluding diaryl/α,β-unsaturated/α-hetero) is 1. The minimum Gasteiger partial charge on any atom is -0.481 e. The average Bonchev–Trinajstić information content (AvgIpc) is 2.63. The number of carbonyl (C=O) groups excluding carboxylic acids is 1. The molecular weight excluding hydrogens is 359 g/mol. The Balaban J connectivity index is 0.00000176. The van der Waals surface area contributed by atoms with Gasteiger partial charge in [-0.3, -0.25) is 9.59 Å². The Hall–Kier alpha value is -1.54. The number of carboxylic acids is 1. The smallest absolute Gasteiger partial charge is 0.310 e. The van der Waals surface area contributed by atoms with E-state index in [1.54, 1.807) is 0 Å². The summed E-state index contributed by atoms with van der Waals surface area (Å²) < 4.78 is 8.17. The van der Waals surface area contributed by atoms with Gasteiger partial charge in [-0.05, 0) is 51.2 Å². The molecule has 1 aromatic rings. The molecule has 0 radical (unpaired) electrons. The first-order chi connectivity index (χ1) is 12.8. The summed E-state index contributed by atoms with van der Waals surface area (Å²) in [5.41, 5.74) is 3.13. The Bertz CT molecular complexity index is 639. The summed E-state index contributed by atoms with van der Waals surface area (Å²) in [5, 5.41) is 9.94. The molecule has 1 saturated carbocycles. The summed E-state index contributed by atoms with van der Waals surface area (Å²) in [6.45, 7) is 8.06. The van der Waals surface area contributed by atoms with Crippen molar-refractivity contribution in [3.05, 3.63) is 34.4 Å². The number of hydrogen-bond donors (Lipinski definition) is 1. The standard InChI is InChI=1S/C22H32O3.H2OP/c1-5-6-10-18(21(24)25)22(11-8-7-9-12-22)20(23)19-16(3)13-15(2)14-17(19)4;1-2/h13-14,18H,5-12H2,1-4H3,(H,24,25);2H2/q;+1. The molecule has 1 aliphatic rings. The molecule has 4 nitrogen and oxygen atoms in total. The van der Waals surface area contributed by atoms with Gasteiger partial charge in [0.05, 0.1) is 5.92 Å². The van der Waals surface area contributed by atoms with E-state index in [1.165, 1.54) is 9.12 Å². The molecule has 2 rings (SSSR count). The van der Waals surface area contributed by atoms with E-state index in [2.05, 4.69) is 6.92 Å². The predicted molar refractivity (Wildman–Crippen MR) is 112 cm³/mol. The third kappa shape index (κ3) is 5.25. The first kappa shape index (κ1) is 23.5. The lowest BCUT2D eigenvalue weighted by atomic mass is 9.60. The van der Waals surface area contributed by atoms with Crippen molar-refractivity contribution in [3.63, 3.8) is 0 Å². The zero-order valence-corrected chi connectivity index (χ0v) is 18.3. The highest BCUT2D eigenvalue weighted by molar-refractivity contribution is 7.00. The fraction of sp³-hybridized carbons (Fsp3) is 0.636. The van der Waals surface area contributed by atoms with Crippen molar-refractivity contribution in [1.82, 2.24) is 0 Å². The lowest BCUT2D eigenvalue weighted by Gasteiger charge is -2.41. The molecule has 0 saturated heterocycles. The molecule has 2 unspecified atom stereocenters. The van der Waals surface area contributed by atoms with Crippen molar-refractivity contribution in [1.29, 1.82) is 0 Å². The van der Waals surface area contributed by atoms with Gasteiger partial charge >= 0.3 is 15.1 Å². The van der Waals surface area contributed by atoms with E-state index >= 15 is 0 Å². The Morgan fingerprint density at radius 3 is 2.04 bits per heavy atom. The number of benzene rings is 1. The molecular formula is C22H34O4P+. The minimum atomic E-state index is -0.800. The second-order valence-corrected chi connectivity index (χ2v) is 7.85. The number of hydrogen-bond acceptors (Lipinski definition) is 3. The summed E-state index contributed by atoms with van der Waals surface area (Å²) >= 11 is 0. The first-order valence-corrected chi connectivity index (χ1v) is 10.4. The van der Waals surface area contributed by atoms with Gasteiger partial charge in [-0.15, -0.1) is 0 Å². The van der Waals surface area contributed by atoms with Crippen LogP contribution in [-0.4, -0.2) is 16.9 Å². The highest BCUT2D eigenvalue weighted by Gasteiger charge is 2.49. The molecule has 0 spiro atoms. The number of carbonyl (C=O) groups is 2. The van der Waals surface area contributed by atoms with Crippen molar-refractivity contribution in [2.45, 2.75) is 79.1 Å². The Morgan fingerprint density at radius 2 is 1.59 bits per heavy atom. The zero-order valence-electron chi connectivity index (χ0n) is 17.1. The maximum absolute atomic E-state index is 13.7. The topological polar surface area (TPSA) is 71.4 Å². The average molecular weight is 393 g/mol. The Kier molecular flexibility index (Phi) is 9.32. The van der Waals surface area contributed by atoms with E-state index < -0.39 is 17.3 Å². The van der Waals surface area contributed by atoms with E-state index in [9.17, 15) is 14.7 Å². The van der Waals surface area contributed by atoms with Crippen molar-refractivity contribution >= 4 is 20.9 Å². The number of aliphatic carboxylic acids is 1. The van der Waals surface area contributed by atoms with Crippen LogP contribution in [0.25, 0.3) is 0 Å². The van der Waals surface area contributed by atoms with Gasteiger partial charge in [0.15, 0.2) is 5.78 Å². The highest BCUT2D eigenvalue weighted by atomic mass is 31.0. The molecule has 0 bridgehead atoms. The third-order valence-electron chi connectivity index (χ3n) is 5.91. The van der Waals surface area contributed by atoms with Gasteiger partial charge in [-0.2, -0.15) is 0 Å². The second kappa shape index (κ2) is 10.7. The first-order valence-electron chi connectivity index (χ1n) is 9.92. The normalized spacial score (nSPS) is 16.7. The van der Waals surface area contributed by atoms with Gasteiger partial charge in [0.1, 0.15) is 0 Å². The molecule has 1 fully saturated rings. The van der Waals surface area contributed by atoms with Crippen molar-refractivity contribution < 1.29 is 19.3 Å². The lowest BCUT2D eigenvalue weighted by molar-refractivity contribution is -0.146. The van der Waals surface area contributed by atoms with Crippen molar-refractivity contribution in [3.8, 4) is 0 Å². The Labute approximate surface area is 165 Å². The largest absolute Gasteiger partial charge is 0.481 e. The summed E-state index contributed by atoms with van der Waals surface area (Å²) in [7, 11) is 1.17. The third-order valence-corrected chi connectivity index (χ3v) is 5.91. The van der Waals surface area contributed by atoms with Gasteiger partial charge in [0.25, 0.3) is 0 Å². The quantitative estimate of drug-likeness (QED) is 0.466. The Morgan fingerprint density at radius 1 is 1.07 bits per heavy atom. The molecule has 0 aromatic heterocycles. The van der Waals surface area contributed by atoms with Gasteiger partial charge in [0, 0.05) is 11.0 Å². The molecule has 5 heteroatoms. The van der Waals surface area contributed by atoms with Crippen LogP contribution >= 0.6 is 9.12 Å². The van der Waals surface area contributed by atoms with E-state index in [1.807, 2.05) is 32.9 Å². The van der Waals surface area contributed by atoms with Crippen LogP contribution < -0.4 is 0 Å². The molecule has 1 N–H and O–H groups in total. The maximum atomic E-state index is 13.7. The number of aryl methyl sites for hydroxylation is 3. The van der Waals surface area contributed by atoms with Crippen molar-refractivity contribution in [2.24, 2.45) is 11.3 Å². The zero-order chi connectivity index (χ0) is 20.6. The molecule has 0 amide bonds. The minimum absolute atomic E-state index is 0.0747. The van der Waals surface area contributed by atoms with E-state index in [4.69, 9.17) is 4.57 Å². The second-order valence-electron chi connectivity index (χ2n) is 7.85. The highest BCUT2D eigenvalue weighted by Crippen LogP contribution is 2.48. The lowest BCUT2D eigenvalue weighted by Crippen LogP contribution is -2.44.